The van der Waals surface area contributed by atoms with Gasteiger partial charge >= 0.3 is 5.69 Å². The van der Waals surface area contributed by atoms with E-state index in [1.54, 1.807) is 0 Å². The second kappa shape index (κ2) is 12.0. The van der Waals surface area contributed by atoms with Crippen LogP contribution in [-0.4, -0.2) is 88.9 Å². The molecule has 4 aromatic rings. The van der Waals surface area contributed by atoms with E-state index in [4.69, 9.17) is 26.1 Å². The molecule has 8 rings (SSSR count). The zero-order valence-corrected chi connectivity index (χ0v) is 27.7. The van der Waals surface area contributed by atoms with Crippen molar-refractivity contribution in [1.82, 2.24) is 19.4 Å². The fraction of sp³-hybridized carbons (Fsp3) is 0.432. The first-order chi connectivity index (χ1) is 22.8. The van der Waals surface area contributed by atoms with E-state index in [-0.39, 0.29) is 29.7 Å². The van der Waals surface area contributed by atoms with E-state index in [1.165, 1.54) is 6.08 Å². The van der Waals surface area contributed by atoms with Crippen LogP contribution in [0.1, 0.15) is 39.2 Å². The highest BCUT2D eigenvalue weighted by Crippen LogP contribution is 2.48. The van der Waals surface area contributed by atoms with Crippen LogP contribution in [-0.2, 0) is 9.53 Å². The molecular formula is C37H40ClN5O4. The topological polar surface area (TPSA) is 80.1 Å². The molecule has 0 radical (unpaired) electrons. The van der Waals surface area contributed by atoms with Gasteiger partial charge in [0.15, 0.2) is 5.75 Å². The van der Waals surface area contributed by atoms with Crippen LogP contribution in [0.4, 0.5) is 5.82 Å². The molecule has 0 unspecified atom stereocenters. The van der Waals surface area contributed by atoms with Crippen molar-refractivity contribution in [3.63, 3.8) is 0 Å². The number of benzene rings is 3. The van der Waals surface area contributed by atoms with Crippen molar-refractivity contribution in [2.75, 3.05) is 44.3 Å². The first-order valence-electron chi connectivity index (χ1n) is 16.8. The van der Waals surface area contributed by atoms with Crippen molar-refractivity contribution in [2.24, 2.45) is 0 Å². The number of carbonyl (C=O) groups excluding carboxylic acids is 1. The maximum absolute atomic E-state index is 14.2. The van der Waals surface area contributed by atoms with Crippen molar-refractivity contribution in [1.29, 1.82) is 0 Å². The Labute approximate surface area is 279 Å². The molecule has 5 heterocycles. The standard InChI is InChI=1S/C37H40ClN5O4/c1-4-32(44)41-17-23(3)42(18-22(41)2)36-30-16-31(38)33(29-13-7-10-24-9-5-6-12-28(24)29)35-34(30)43(37(45)39-36)25(20-47-35)11-8-14-40-19-27-15-26(40)21-46-27/h4-7,9-10,12-13,16,22-23,25-27H,1,8,11,14-15,17-21H2,2-3H3/t22-,23+,25-,26+,27+/m1/s1. The van der Waals surface area contributed by atoms with E-state index in [1.807, 2.05) is 40.7 Å². The number of likely N-dealkylation sites (tertiary alicyclic amines) is 1. The van der Waals surface area contributed by atoms with Crippen molar-refractivity contribution in [2.45, 2.75) is 63.4 Å². The van der Waals surface area contributed by atoms with Crippen molar-refractivity contribution < 1.29 is 14.3 Å². The molecule has 1 aromatic heterocycles. The number of hydrogen-bond donors (Lipinski definition) is 0. The number of amides is 1. The normalized spacial score (nSPS) is 25.5. The quantitative estimate of drug-likeness (QED) is 0.238. The largest absolute Gasteiger partial charge is 0.488 e. The van der Waals surface area contributed by atoms with Crippen LogP contribution in [0.2, 0.25) is 5.02 Å². The van der Waals surface area contributed by atoms with Gasteiger partial charge in [0.2, 0.25) is 5.91 Å². The predicted octanol–water partition coefficient (Wildman–Crippen LogP) is 5.67. The predicted molar refractivity (Wildman–Crippen MR) is 186 cm³/mol. The molecule has 5 atom stereocenters. The Kier molecular flexibility index (Phi) is 7.73. The number of rotatable bonds is 7. The number of anilines is 1. The highest BCUT2D eigenvalue weighted by atomic mass is 35.5. The summed E-state index contributed by atoms with van der Waals surface area (Å²) in [6.45, 7) is 11.9. The van der Waals surface area contributed by atoms with Gasteiger partial charge in [-0.3, -0.25) is 14.3 Å². The van der Waals surface area contributed by atoms with Crippen LogP contribution in [0, 0.1) is 0 Å². The van der Waals surface area contributed by atoms with Gasteiger partial charge in [-0.05, 0) is 68.1 Å². The molecule has 0 N–H and O–H groups in total. The van der Waals surface area contributed by atoms with Gasteiger partial charge in [-0.1, -0.05) is 60.6 Å². The summed E-state index contributed by atoms with van der Waals surface area (Å²) in [7, 11) is 0. The number of hydrogen-bond acceptors (Lipinski definition) is 7. The number of aromatic nitrogens is 2. The molecule has 3 saturated heterocycles. The third-order valence-electron chi connectivity index (χ3n) is 10.7. The van der Waals surface area contributed by atoms with Crippen LogP contribution in [0.25, 0.3) is 32.8 Å². The van der Waals surface area contributed by atoms with Gasteiger partial charge in [-0.15, -0.1) is 0 Å². The van der Waals surface area contributed by atoms with E-state index >= 15 is 0 Å². The van der Waals surface area contributed by atoms with E-state index < -0.39 is 0 Å². The van der Waals surface area contributed by atoms with Crippen LogP contribution in [0.15, 0.2) is 66.0 Å². The van der Waals surface area contributed by atoms with Crippen molar-refractivity contribution in [3.05, 3.63) is 76.7 Å². The van der Waals surface area contributed by atoms with Gasteiger partial charge in [-0.25, -0.2) is 4.79 Å². The molecule has 0 spiro atoms. The van der Waals surface area contributed by atoms with E-state index in [0.29, 0.717) is 48.4 Å². The molecule has 3 aromatic carbocycles. The van der Waals surface area contributed by atoms with Gasteiger partial charge < -0.3 is 19.3 Å². The van der Waals surface area contributed by atoms with Crippen LogP contribution in [0.5, 0.6) is 5.75 Å². The summed E-state index contributed by atoms with van der Waals surface area (Å²) in [6.07, 6.45) is 4.59. The molecule has 4 aliphatic rings. The number of piperazine rings is 1. The number of halogens is 1. The minimum Gasteiger partial charge on any atom is -0.488 e. The summed E-state index contributed by atoms with van der Waals surface area (Å²) < 4.78 is 14.4. The summed E-state index contributed by atoms with van der Waals surface area (Å²) in [5, 5.41) is 3.50. The van der Waals surface area contributed by atoms with Crippen molar-refractivity contribution in [3.8, 4) is 16.9 Å². The van der Waals surface area contributed by atoms with Crippen LogP contribution in [0.3, 0.4) is 0 Å². The molecule has 47 heavy (non-hydrogen) atoms. The van der Waals surface area contributed by atoms with Gasteiger partial charge in [0, 0.05) is 48.7 Å². The summed E-state index contributed by atoms with van der Waals surface area (Å²) >= 11 is 7.23. The Morgan fingerprint density at radius 1 is 1.06 bits per heavy atom. The fourth-order valence-electron chi connectivity index (χ4n) is 8.31. The molecule has 1 amide bonds. The van der Waals surface area contributed by atoms with Crippen molar-refractivity contribution >= 4 is 45.0 Å². The first kappa shape index (κ1) is 30.4. The molecule has 0 saturated carbocycles. The summed E-state index contributed by atoms with van der Waals surface area (Å²) in [4.78, 5) is 38.1. The molecule has 244 valence electrons. The second-order valence-electron chi connectivity index (χ2n) is 13.6. The Bertz CT molecular complexity index is 1960. The number of ether oxygens (including phenoxy) is 2. The number of nitrogens with zero attached hydrogens (tertiary/aromatic N) is 5. The Hall–Kier alpha value is -3.92. The Morgan fingerprint density at radius 3 is 2.68 bits per heavy atom. The SMILES string of the molecule is C=CC(=O)N1C[C@H](C)N(c2nc(=O)n3c4c(c(-c5cccc6ccccc56)c(Cl)cc24)OC[C@H]3CCCN2C[C@@H]3C[C@H]2CO3)C[C@H]1C. The minimum atomic E-state index is -0.286. The zero-order valence-electron chi connectivity index (χ0n) is 26.9. The fourth-order valence-corrected chi connectivity index (χ4v) is 8.61. The molecular weight excluding hydrogens is 614 g/mol. The molecule has 4 aliphatic heterocycles. The monoisotopic (exact) mass is 653 g/mol. The number of carbonyl (C=O) groups is 1. The Morgan fingerprint density at radius 2 is 1.89 bits per heavy atom. The lowest BCUT2D eigenvalue weighted by molar-refractivity contribution is -0.128. The number of fused-ring (bicyclic) bond motifs is 3. The summed E-state index contributed by atoms with van der Waals surface area (Å²) in [5.74, 6) is 1.11. The summed E-state index contributed by atoms with van der Waals surface area (Å²) in [5.41, 5.74) is 2.20. The first-order valence-corrected chi connectivity index (χ1v) is 17.1. The van der Waals surface area contributed by atoms with Gasteiger partial charge in [-0.2, -0.15) is 4.98 Å². The maximum Gasteiger partial charge on any atom is 0.350 e. The lowest BCUT2D eigenvalue weighted by Gasteiger charge is -2.45. The van der Waals surface area contributed by atoms with Gasteiger partial charge in [0.05, 0.1) is 29.3 Å². The average Bonchev–Trinajstić information content (AvgIpc) is 3.71. The molecule has 2 bridgehead atoms. The molecule has 10 heteroatoms. The van der Waals surface area contributed by atoms with E-state index in [9.17, 15) is 9.59 Å². The van der Waals surface area contributed by atoms with Gasteiger partial charge in [0.1, 0.15) is 12.4 Å². The average molecular weight is 654 g/mol. The maximum atomic E-state index is 14.2. The number of morpholine rings is 1. The highest BCUT2D eigenvalue weighted by molar-refractivity contribution is 6.35. The summed E-state index contributed by atoms with van der Waals surface area (Å²) in [6, 6.07) is 16.6. The lowest BCUT2D eigenvalue weighted by Crippen LogP contribution is -2.58. The van der Waals surface area contributed by atoms with Crippen LogP contribution < -0.4 is 15.3 Å². The third-order valence-corrected chi connectivity index (χ3v) is 11.0. The van der Waals surface area contributed by atoms with E-state index in [0.717, 1.165) is 71.8 Å². The smallest absolute Gasteiger partial charge is 0.350 e. The molecule has 0 aliphatic carbocycles. The molecule has 9 nitrogen and oxygen atoms in total. The third kappa shape index (κ3) is 5.10. The zero-order chi connectivity index (χ0) is 32.4. The van der Waals surface area contributed by atoms with Gasteiger partial charge in [0.25, 0.3) is 0 Å². The van der Waals surface area contributed by atoms with E-state index in [2.05, 4.69) is 47.6 Å². The Balaban J connectivity index is 1.25. The minimum absolute atomic E-state index is 0.0829. The van der Waals surface area contributed by atoms with Crippen LogP contribution >= 0.6 is 11.6 Å². The highest BCUT2D eigenvalue weighted by Gasteiger charge is 2.39. The second-order valence-corrected chi connectivity index (χ2v) is 14.0. The molecule has 3 fully saturated rings. The lowest BCUT2D eigenvalue weighted by atomic mass is 9.95.